The van der Waals surface area contributed by atoms with Crippen molar-refractivity contribution in [3.63, 3.8) is 0 Å². The van der Waals surface area contributed by atoms with E-state index in [1.54, 1.807) is 6.07 Å². The summed E-state index contributed by atoms with van der Waals surface area (Å²) >= 11 is 3.36. The highest BCUT2D eigenvalue weighted by Gasteiger charge is 2.17. The highest BCUT2D eigenvalue weighted by Crippen LogP contribution is 2.19. The van der Waals surface area contributed by atoms with Crippen molar-refractivity contribution in [3.05, 3.63) is 34.1 Å². The maximum atomic E-state index is 13.5. The van der Waals surface area contributed by atoms with Crippen LogP contribution in [0.2, 0.25) is 0 Å². The Bertz CT molecular complexity index is 370. The van der Waals surface area contributed by atoms with Gasteiger partial charge in [0.15, 0.2) is 0 Å². The smallest absolute Gasteiger partial charge is 0.127 e. The zero-order chi connectivity index (χ0) is 11.5. The predicted octanol–water partition coefficient (Wildman–Crippen LogP) is 2.51. The standard InChI is InChI=1S/C12H16BrFN2/c13-10-3-4-12(14)9(6-10)7-16-5-1-2-11(15)8-16/h3-4,6,11H,1-2,5,7-8,15H2. The fourth-order valence-electron chi connectivity index (χ4n) is 2.14. The van der Waals surface area contributed by atoms with Crippen molar-refractivity contribution in [3.8, 4) is 0 Å². The molecule has 1 aliphatic rings. The molecule has 0 spiro atoms. The van der Waals surface area contributed by atoms with Crippen LogP contribution < -0.4 is 5.73 Å². The highest BCUT2D eigenvalue weighted by molar-refractivity contribution is 9.10. The molecule has 0 saturated carbocycles. The van der Waals surface area contributed by atoms with Crippen LogP contribution in [0.1, 0.15) is 18.4 Å². The van der Waals surface area contributed by atoms with Crippen LogP contribution in [0.4, 0.5) is 4.39 Å². The summed E-state index contributed by atoms with van der Waals surface area (Å²) < 4.78 is 14.5. The van der Waals surface area contributed by atoms with Crippen LogP contribution >= 0.6 is 15.9 Å². The summed E-state index contributed by atoms with van der Waals surface area (Å²) in [6, 6.07) is 5.31. The lowest BCUT2D eigenvalue weighted by molar-refractivity contribution is 0.199. The summed E-state index contributed by atoms with van der Waals surface area (Å²) in [5, 5.41) is 0. The topological polar surface area (TPSA) is 29.3 Å². The number of nitrogens with zero attached hydrogens (tertiary/aromatic N) is 1. The number of benzene rings is 1. The van der Waals surface area contributed by atoms with Gasteiger partial charge in [-0.1, -0.05) is 15.9 Å². The second-order valence-corrected chi connectivity index (χ2v) is 5.29. The third-order valence-corrected chi connectivity index (χ3v) is 3.44. The van der Waals surface area contributed by atoms with E-state index in [1.165, 1.54) is 6.07 Å². The molecule has 0 amide bonds. The van der Waals surface area contributed by atoms with Gasteiger partial charge in [-0.3, -0.25) is 4.90 Å². The minimum Gasteiger partial charge on any atom is -0.327 e. The average molecular weight is 287 g/mol. The first kappa shape index (κ1) is 12.0. The second kappa shape index (κ2) is 5.25. The normalized spacial score (nSPS) is 22.3. The summed E-state index contributed by atoms with van der Waals surface area (Å²) in [5.41, 5.74) is 6.64. The van der Waals surface area contributed by atoms with E-state index in [0.717, 1.165) is 36.0 Å². The van der Waals surface area contributed by atoms with E-state index >= 15 is 0 Å². The molecule has 0 aliphatic carbocycles. The largest absolute Gasteiger partial charge is 0.327 e. The van der Waals surface area contributed by atoms with Gasteiger partial charge in [0.2, 0.25) is 0 Å². The molecule has 1 aromatic carbocycles. The summed E-state index contributed by atoms with van der Waals surface area (Å²) in [4.78, 5) is 2.22. The molecule has 4 heteroatoms. The zero-order valence-electron chi connectivity index (χ0n) is 9.13. The van der Waals surface area contributed by atoms with Gasteiger partial charge in [0.25, 0.3) is 0 Å². The molecule has 0 bridgehead atoms. The van der Waals surface area contributed by atoms with Gasteiger partial charge in [-0.15, -0.1) is 0 Å². The van der Waals surface area contributed by atoms with E-state index in [9.17, 15) is 4.39 Å². The van der Waals surface area contributed by atoms with Crippen molar-refractivity contribution < 1.29 is 4.39 Å². The van der Waals surface area contributed by atoms with E-state index in [2.05, 4.69) is 20.8 Å². The van der Waals surface area contributed by atoms with Crippen molar-refractivity contribution >= 4 is 15.9 Å². The van der Waals surface area contributed by atoms with Crippen molar-refractivity contribution in [2.24, 2.45) is 5.73 Å². The van der Waals surface area contributed by atoms with Crippen LogP contribution in [-0.4, -0.2) is 24.0 Å². The first-order chi connectivity index (χ1) is 7.65. The van der Waals surface area contributed by atoms with Gasteiger partial charge >= 0.3 is 0 Å². The van der Waals surface area contributed by atoms with Crippen LogP contribution in [0.5, 0.6) is 0 Å². The number of piperidine rings is 1. The fraction of sp³-hybridized carbons (Fsp3) is 0.500. The minimum atomic E-state index is -0.137. The quantitative estimate of drug-likeness (QED) is 0.905. The van der Waals surface area contributed by atoms with Gasteiger partial charge in [-0.05, 0) is 37.6 Å². The number of hydrogen-bond acceptors (Lipinski definition) is 2. The van der Waals surface area contributed by atoms with Gasteiger partial charge in [0.1, 0.15) is 5.82 Å². The average Bonchev–Trinajstić information content (AvgIpc) is 2.24. The molecule has 0 aromatic heterocycles. The summed E-state index contributed by atoms with van der Waals surface area (Å²) in [7, 11) is 0. The lowest BCUT2D eigenvalue weighted by Gasteiger charge is -2.30. The SMILES string of the molecule is NC1CCCN(Cc2cc(Br)ccc2F)C1. The molecule has 1 unspecified atom stereocenters. The third kappa shape index (κ3) is 3.03. The number of rotatable bonds is 2. The molecule has 0 radical (unpaired) electrons. The Balaban J connectivity index is 2.05. The van der Waals surface area contributed by atoms with Crippen LogP contribution in [0.15, 0.2) is 22.7 Å². The lowest BCUT2D eigenvalue weighted by Crippen LogP contribution is -2.42. The summed E-state index contributed by atoms with van der Waals surface area (Å²) in [5.74, 6) is -0.137. The van der Waals surface area contributed by atoms with E-state index in [0.29, 0.717) is 6.54 Å². The van der Waals surface area contributed by atoms with Gasteiger partial charge in [-0.2, -0.15) is 0 Å². The van der Waals surface area contributed by atoms with E-state index in [-0.39, 0.29) is 11.9 Å². The van der Waals surface area contributed by atoms with Crippen LogP contribution in [0.3, 0.4) is 0 Å². The molecule has 16 heavy (non-hydrogen) atoms. The molecule has 88 valence electrons. The Morgan fingerprint density at radius 3 is 3.06 bits per heavy atom. The molecule has 1 atom stereocenters. The molecule has 1 fully saturated rings. The molecule has 1 aromatic rings. The number of likely N-dealkylation sites (tertiary alicyclic amines) is 1. The summed E-state index contributed by atoms with van der Waals surface area (Å²) in [6.45, 7) is 2.53. The van der Waals surface area contributed by atoms with Gasteiger partial charge < -0.3 is 5.73 Å². The van der Waals surface area contributed by atoms with Crippen LogP contribution in [0.25, 0.3) is 0 Å². The number of hydrogen-bond donors (Lipinski definition) is 1. The molecule has 1 heterocycles. The molecule has 2 N–H and O–H groups in total. The third-order valence-electron chi connectivity index (χ3n) is 2.94. The van der Waals surface area contributed by atoms with Gasteiger partial charge in [0, 0.05) is 29.2 Å². The Morgan fingerprint density at radius 1 is 1.50 bits per heavy atom. The molecule has 2 nitrogen and oxygen atoms in total. The van der Waals surface area contributed by atoms with Crippen LogP contribution in [0, 0.1) is 5.82 Å². The number of halogens is 2. The maximum absolute atomic E-state index is 13.5. The van der Waals surface area contributed by atoms with Crippen molar-refractivity contribution in [1.29, 1.82) is 0 Å². The van der Waals surface area contributed by atoms with Crippen molar-refractivity contribution in [1.82, 2.24) is 4.90 Å². The highest BCUT2D eigenvalue weighted by atomic mass is 79.9. The van der Waals surface area contributed by atoms with Crippen molar-refractivity contribution in [2.45, 2.75) is 25.4 Å². The molecule has 1 aliphatic heterocycles. The van der Waals surface area contributed by atoms with E-state index in [1.807, 2.05) is 6.07 Å². The summed E-state index contributed by atoms with van der Waals surface area (Å²) in [6.07, 6.45) is 2.19. The van der Waals surface area contributed by atoms with Gasteiger partial charge in [-0.25, -0.2) is 4.39 Å². The van der Waals surface area contributed by atoms with E-state index < -0.39 is 0 Å². The minimum absolute atomic E-state index is 0.137. The molecule has 1 saturated heterocycles. The first-order valence-corrected chi connectivity index (χ1v) is 6.36. The van der Waals surface area contributed by atoms with Gasteiger partial charge in [0.05, 0.1) is 0 Å². The first-order valence-electron chi connectivity index (χ1n) is 5.57. The molecular formula is C12H16BrFN2. The predicted molar refractivity (Wildman–Crippen MR) is 66.6 cm³/mol. The Morgan fingerprint density at radius 2 is 2.31 bits per heavy atom. The Kier molecular flexibility index (Phi) is 3.95. The lowest BCUT2D eigenvalue weighted by atomic mass is 10.1. The Labute approximate surface area is 104 Å². The monoisotopic (exact) mass is 286 g/mol. The second-order valence-electron chi connectivity index (χ2n) is 4.37. The number of nitrogens with two attached hydrogens (primary N) is 1. The van der Waals surface area contributed by atoms with Crippen LogP contribution in [-0.2, 0) is 6.54 Å². The van der Waals surface area contributed by atoms with E-state index in [4.69, 9.17) is 5.73 Å². The Hall–Kier alpha value is -0.450. The zero-order valence-corrected chi connectivity index (χ0v) is 10.7. The maximum Gasteiger partial charge on any atom is 0.127 e. The fourth-order valence-corrected chi connectivity index (χ4v) is 2.55. The van der Waals surface area contributed by atoms with Crippen molar-refractivity contribution in [2.75, 3.05) is 13.1 Å². The molecule has 2 rings (SSSR count). The molecular weight excluding hydrogens is 271 g/mol.